The van der Waals surface area contributed by atoms with Crippen LogP contribution in [0.15, 0.2) is 12.2 Å². The number of ether oxygens (including phenoxy) is 4. The second-order valence-corrected chi connectivity index (χ2v) is 14.0. The lowest BCUT2D eigenvalue weighted by Crippen LogP contribution is -2.45. The smallest absolute Gasteiger partial charge is 0.411 e. The molecule has 2 atom stereocenters. The number of hydrogen-bond acceptors (Lipinski definition) is 9. The van der Waals surface area contributed by atoms with Crippen molar-refractivity contribution in [1.82, 2.24) is 9.80 Å². The van der Waals surface area contributed by atoms with Gasteiger partial charge in [-0.2, -0.15) is 0 Å². The molecule has 0 unspecified atom stereocenters. The Hall–Kier alpha value is -3.11. The number of esters is 2. The maximum absolute atomic E-state index is 12.2. The lowest BCUT2D eigenvalue weighted by atomic mass is 10.1. The van der Waals surface area contributed by atoms with Gasteiger partial charge >= 0.3 is 24.1 Å². The lowest BCUT2D eigenvalue weighted by Gasteiger charge is -2.29. The molecule has 11 heteroatoms. The molecule has 11 nitrogen and oxygen atoms in total. The van der Waals surface area contributed by atoms with Gasteiger partial charge in [-0.05, 0) is 83.1 Å². The molecule has 0 spiro atoms. The average Bonchev–Trinajstić information content (AvgIpc) is 3.26. The third kappa shape index (κ3) is 13.9. The van der Waals surface area contributed by atoms with Crippen molar-refractivity contribution < 1.29 is 42.9 Å². The fraction of sp³-hybridized carbons (Fsp3) is 0.767. The number of nitrogens with zero attached hydrogens (tertiary/aromatic N) is 2. The maximum atomic E-state index is 12.2. The van der Waals surface area contributed by atoms with Gasteiger partial charge in [0.05, 0.1) is 6.54 Å². The van der Waals surface area contributed by atoms with Crippen molar-refractivity contribution in [1.29, 1.82) is 0 Å². The largest absolute Gasteiger partial charge is 0.458 e. The zero-order valence-electron chi connectivity index (χ0n) is 26.3. The molecule has 2 heterocycles. The zero-order chi connectivity index (χ0) is 31.4. The van der Waals surface area contributed by atoms with Crippen LogP contribution in [0, 0.1) is 0 Å². The molecule has 0 aromatic carbocycles. The van der Waals surface area contributed by atoms with E-state index < -0.39 is 58.6 Å². The van der Waals surface area contributed by atoms with Crippen LogP contribution in [0.4, 0.5) is 9.59 Å². The Kier molecular flexibility index (Phi) is 12.7. The van der Waals surface area contributed by atoms with Crippen LogP contribution in [-0.4, -0.2) is 87.3 Å². The van der Waals surface area contributed by atoms with Crippen molar-refractivity contribution in [3.63, 3.8) is 0 Å². The highest BCUT2D eigenvalue weighted by Gasteiger charge is 2.43. The summed E-state index contributed by atoms with van der Waals surface area (Å²) in [4.78, 5) is 62.5. The molecule has 2 rings (SSSR count). The minimum atomic E-state index is -0.892. The van der Waals surface area contributed by atoms with Crippen molar-refractivity contribution in [2.75, 3.05) is 13.1 Å². The minimum Gasteiger partial charge on any atom is -0.458 e. The zero-order valence-corrected chi connectivity index (χ0v) is 26.3. The van der Waals surface area contributed by atoms with Crippen LogP contribution >= 0.6 is 0 Å². The normalized spacial score (nSPS) is 19.5. The van der Waals surface area contributed by atoms with Gasteiger partial charge in [-0.25, -0.2) is 19.2 Å². The van der Waals surface area contributed by atoms with Gasteiger partial charge in [0.15, 0.2) is 5.78 Å². The van der Waals surface area contributed by atoms with E-state index in [0.717, 1.165) is 10.5 Å². The predicted octanol–water partition coefficient (Wildman–Crippen LogP) is 5.44. The van der Waals surface area contributed by atoms with Gasteiger partial charge in [-0.15, -0.1) is 0 Å². The van der Waals surface area contributed by atoms with Crippen molar-refractivity contribution in [2.24, 2.45) is 0 Å². The van der Waals surface area contributed by atoms with Crippen LogP contribution in [0.3, 0.4) is 0 Å². The molecule has 2 amide bonds. The van der Waals surface area contributed by atoms with E-state index in [1.54, 1.807) is 83.1 Å². The number of rotatable bonds is 2. The lowest BCUT2D eigenvalue weighted by molar-refractivity contribution is -0.161. The first-order valence-corrected chi connectivity index (χ1v) is 13.4. The van der Waals surface area contributed by atoms with Crippen molar-refractivity contribution >= 4 is 29.9 Å². The molecule has 2 saturated heterocycles. The SMILES string of the molecule is C.C=C1C[C@@H](C(=O)OC(C)(C)C)N(C(=O)OC(C)(C)C)C1.CC(C)(C)OC(=O)[C@@H]1CC(=O)CN1C(=O)OC(C)(C)C. The summed E-state index contributed by atoms with van der Waals surface area (Å²) in [6.07, 6.45) is -0.770. The molecule has 2 aliphatic heterocycles. The van der Waals surface area contributed by atoms with Gasteiger partial charge in [0, 0.05) is 19.4 Å². The van der Waals surface area contributed by atoms with E-state index in [2.05, 4.69) is 6.58 Å². The molecule has 0 saturated carbocycles. The summed E-state index contributed by atoms with van der Waals surface area (Å²) in [6.45, 7) is 25.2. The Labute approximate surface area is 245 Å². The van der Waals surface area contributed by atoms with Crippen molar-refractivity contribution in [3.05, 3.63) is 12.2 Å². The fourth-order valence-corrected chi connectivity index (χ4v) is 3.68. The first-order chi connectivity index (χ1) is 17.8. The number of ketones is 1. The number of amides is 2. The van der Waals surface area contributed by atoms with E-state index in [1.165, 1.54) is 4.90 Å². The van der Waals surface area contributed by atoms with Gasteiger partial charge in [-0.3, -0.25) is 14.6 Å². The average molecular weight is 585 g/mol. The number of hydrogen-bond donors (Lipinski definition) is 0. The first-order valence-electron chi connectivity index (χ1n) is 13.4. The molecule has 0 aromatic heterocycles. The first kappa shape index (κ1) is 37.9. The molecular formula is C30H52N2O9. The molecule has 0 radical (unpaired) electrons. The highest BCUT2D eigenvalue weighted by atomic mass is 16.6. The fourth-order valence-electron chi connectivity index (χ4n) is 3.68. The van der Waals surface area contributed by atoms with Crippen LogP contribution in [-0.2, 0) is 33.3 Å². The predicted molar refractivity (Wildman–Crippen MR) is 155 cm³/mol. The Bertz CT molecular complexity index is 835. The summed E-state index contributed by atoms with van der Waals surface area (Å²) in [5.74, 6) is -1.16. The molecule has 41 heavy (non-hydrogen) atoms. The van der Waals surface area contributed by atoms with Gasteiger partial charge in [0.25, 0.3) is 0 Å². The number of carbonyl (C=O) groups excluding carboxylic acids is 5. The van der Waals surface area contributed by atoms with Crippen molar-refractivity contribution in [2.45, 2.75) is 138 Å². The Morgan fingerprint density at radius 3 is 1.27 bits per heavy atom. The molecule has 236 valence electrons. The summed E-state index contributed by atoms with van der Waals surface area (Å²) in [5, 5.41) is 0. The Balaban J connectivity index is 0.000000762. The summed E-state index contributed by atoms with van der Waals surface area (Å²) in [7, 11) is 0. The monoisotopic (exact) mass is 584 g/mol. The molecule has 0 N–H and O–H groups in total. The summed E-state index contributed by atoms with van der Waals surface area (Å²) >= 11 is 0. The molecule has 0 aromatic rings. The van der Waals surface area contributed by atoms with E-state index in [1.807, 2.05) is 0 Å². The number of Topliss-reactive ketones (excluding diaryl/α,β-unsaturated/α-hetero) is 1. The highest BCUT2D eigenvalue weighted by Crippen LogP contribution is 2.26. The van der Waals surface area contributed by atoms with Crippen LogP contribution in [0.5, 0.6) is 0 Å². The topological polar surface area (TPSA) is 129 Å². The second-order valence-electron chi connectivity index (χ2n) is 14.0. The Morgan fingerprint density at radius 2 is 0.927 bits per heavy atom. The van der Waals surface area contributed by atoms with E-state index in [0.29, 0.717) is 13.0 Å². The van der Waals surface area contributed by atoms with E-state index in [-0.39, 0.29) is 26.2 Å². The third-order valence-electron chi connectivity index (χ3n) is 5.01. The third-order valence-corrected chi connectivity index (χ3v) is 5.01. The van der Waals surface area contributed by atoms with E-state index >= 15 is 0 Å². The van der Waals surface area contributed by atoms with Gasteiger partial charge in [0.2, 0.25) is 0 Å². The quantitative estimate of drug-likeness (QED) is 0.237. The van der Waals surface area contributed by atoms with Crippen LogP contribution in [0.25, 0.3) is 0 Å². The number of carbonyl (C=O) groups is 5. The van der Waals surface area contributed by atoms with Crippen LogP contribution < -0.4 is 0 Å². The van der Waals surface area contributed by atoms with E-state index in [9.17, 15) is 24.0 Å². The molecule has 0 bridgehead atoms. The highest BCUT2D eigenvalue weighted by molar-refractivity contribution is 5.96. The summed E-state index contributed by atoms with van der Waals surface area (Å²) in [5.41, 5.74) is -1.70. The minimum absolute atomic E-state index is 0. The summed E-state index contributed by atoms with van der Waals surface area (Å²) in [6, 6.07) is -1.53. The van der Waals surface area contributed by atoms with Crippen LogP contribution in [0.2, 0.25) is 0 Å². The Morgan fingerprint density at radius 1 is 0.610 bits per heavy atom. The molecular weight excluding hydrogens is 532 g/mol. The molecule has 2 fully saturated rings. The van der Waals surface area contributed by atoms with Crippen LogP contribution in [0.1, 0.15) is 103 Å². The molecule has 2 aliphatic rings. The van der Waals surface area contributed by atoms with Gasteiger partial charge in [-0.1, -0.05) is 19.6 Å². The van der Waals surface area contributed by atoms with Gasteiger partial charge in [0.1, 0.15) is 34.5 Å². The van der Waals surface area contributed by atoms with Gasteiger partial charge < -0.3 is 18.9 Å². The standard InChI is InChI=1S/C15H25NO4.C14H23NO5.CH4/c1-10-8-11(12(17)19-14(2,3)4)16(9-10)13(18)20-15(5,6)7;1-13(2,3)19-11(17)10-7-9(16)8-15(10)12(18)20-14(4,5)6;/h11H,1,8-9H2,2-7H3;10H,7-8H2,1-6H3;1H4/t11-;10-;/m00./s1. The summed E-state index contributed by atoms with van der Waals surface area (Å²) < 4.78 is 21.1. The van der Waals surface area contributed by atoms with Crippen molar-refractivity contribution in [3.8, 4) is 0 Å². The van der Waals surface area contributed by atoms with E-state index in [4.69, 9.17) is 18.9 Å². The number of likely N-dealkylation sites (tertiary alicyclic amines) is 2. The maximum Gasteiger partial charge on any atom is 0.411 e. The second kappa shape index (κ2) is 13.7. The molecule has 0 aliphatic carbocycles.